The van der Waals surface area contributed by atoms with Crippen LogP contribution >= 0.6 is 0 Å². The third-order valence-corrected chi connectivity index (χ3v) is 3.40. The molecule has 3 rings (SSSR count). The van der Waals surface area contributed by atoms with Crippen LogP contribution in [0.3, 0.4) is 0 Å². The molecule has 0 bridgehead atoms. The summed E-state index contributed by atoms with van der Waals surface area (Å²) in [5.41, 5.74) is 14.8. The summed E-state index contributed by atoms with van der Waals surface area (Å²) in [7, 11) is 0. The molecule has 5 heteroatoms. The van der Waals surface area contributed by atoms with E-state index in [2.05, 4.69) is 9.97 Å². The zero-order valence-electron chi connectivity index (χ0n) is 11.7. The number of benzene rings is 1. The summed E-state index contributed by atoms with van der Waals surface area (Å²) >= 11 is 0. The van der Waals surface area contributed by atoms with E-state index in [1.165, 1.54) is 6.20 Å². The zero-order valence-corrected chi connectivity index (χ0v) is 11.7. The highest BCUT2D eigenvalue weighted by Crippen LogP contribution is 2.23. The number of ketones is 1. The van der Waals surface area contributed by atoms with E-state index in [1.54, 1.807) is 30.6 Å². The van der Waals surface area contributed by atoms with Crippen LogP contribution in [0.25, 0.3) is 11.1 Å². The van der Waals surface area contributed by atoms with Gasteiger partial charge in [-0.3, -0.25) is 14.8 Å². The standard InChI is InChI=1S/C17H14N4O/c18-14-7-10-21-16(15(14)19)17(22)13-3-1-11(2-4-13)12-5-8-20-9-6-12/h1-10H,19H2,(H2,18,21). The van der Waals surface area contributed by atoms with Crippen molar-refractivity contribution in [1.82, 2.24) is 9.97 Å². The molecule has 0 fully saturated rings. The molecule has 0 unspecified atom stereocenters. The Morgan fingerprint density at radius 1 is 0.818 bits per heavy atom. The zero-order chi connectivity index (χ0) is 15.5. The number of pyridine rings is 2. The molecule has 0 aliphatic heterocycles. The second-order valence-corrected chi connectivity index (χ2v) is 4.80. The third kappa shape index (κ3) is 2.52. The van der Waals surface area contributed by atoms with Crippen molar-refractivity contribution in [2.24, 2.45) is 0 Å². The second kappa shape index (κ2) is 5.65. The van der Waals surface area contributed by atoms with E-state index in [0.717, 1.165) is 11.1 Å². The van der Waals surface area contributed by atoms with E-state index < -0.39 is 0 Å². The van der Waals surface area contributed by atoms with Gasteiger partial charge >= 0.3 is 0 Å². The molecule has 0 aliphatic carbocycles. The highest BCUT2D eigenvalue weighted by molar-refractivity contribution is 6.11. The quantitative estimate of drug-likeness (QED) is 0.723. The highest BCUT2D eigenvalue weighted by atomic mass is 16.1. The minimum atomic E-state index is -0.244. The van der Waals surface area contributed by atoms with Crippen LogP contribution in [0.2, 0.25) is 0 Å². The van der Waals surface area contributed by atoms with E-state index in [9.17, 15) is 4.79 Å². The van der Waals surface area contributed by atoms with E-state index in [1.807, 2.05) is 24.3 Å². The first-order chi connectivity index (χ1) is 10.7. The molecule has 5 nitrogen and oxygen atoms in total. The Bertz CT molecular complexity index is 814. The van der Waals surface area contributed by atoms with Gasteiger partial charge in [0.05, 0.1) is 11.4 Å². The van der Waals surface area contributed by atoms with Gasteiger partial charge in [0.15, 0.2) is 0 Å². The molecular weight excluding hydrogens is 276 g/mol. The van der Waals surface area contributed by atoms with Gasteiger partial charge in [-0.1, -0.05) is 24.3 Å². The average molecular weight is 290 g/mol. The van der Waals surface area contributed by atoms with Crippen molar-refractivity contribution in [1.29, 1.82) is 0 Å². The van der Waals surface area contributed by atoms with Gasteiger partial charge in [-0.25, -0.2) is 0 Å². The number of aromatic nitrogens is 2. The fourth-order valence-electron chi connectivity index (χ4n) is 2.16. The fourth-order valence-corrected chi connectivity index (χ4v) is 2.16. The average Bonchev–Trinajstić information content (AvgIpc) is 2.58. The maximum absolute atomic E-state index is 12.5. The first kappa shape index (κ1) is 13.8. The van der Waals surface area contributed by atoms with Gasteiger partial charge in [-0.2, -0.15) is 0 Å². The van der Waals surface area contributed by atoms with E-state index in [4.69, 9.17) is 11.5 Å². The molecule has 0 radical (unpaired) electrons. The molecule has 22 heavy (non-hydrogen) atoms. The second-order valence-electron chi connectivity index (χ2n) is 4.80. The largest absolute Gasteiger partial charge is 0.397 e. The number of nitrogen functional groups attached to an aromatic ring is 2. The molecule has 0 saturated carbocycles. The molecule has 0 atom stereocenters. The monoisotopic (exact) mass is 290 g/mol. The Kier molecular flexibility index (Phi) is 3.53. The number of nitrogens with two attached hydrogens (primary N) is 2. The third-order valence-electron chi connectivity index (χ3n) is 3.40. The molecule has 1 aromatic carbocycles. The summed E-state index contributed by atoms with van der Waals surface area (Å²) < 4.78 is 0. The summed E-state index contributed by atoms with van der Waals surface area (Å²) in [6, 6.07) is 12.7. The van der Waals surface area contributed by atoms with Crippen LogP contribution in [-0.2, 0) is 0 Å². The Morgan fingerprint density at radius 3 is 2.14 bits per heavy atom. The Balaban J connectivity index is 1.93. The maximum atomic E-state index is 12.5. The molecule has 2 aromatic heterocycles. The SMILES string of the molecule is Nc1ccnc(C(=O)c2ccc(-c3ccncc3)cc2)c1N. The van der Waals surface area contributed by atoms with Gasteiger partial charge in [0.25, 0.3) is 0 Å². The molecular formula is C17H14N4O. The summed E-state index contributed by atoms with van der Waals surface area (Å²) in [5, 5.41) is 0. The van der Waals surface area contributed by atoms with Gasteiger partial charge in [-0.15, -0.1) is 0 Å². The Morgan fingerprint density at radius 2 is 1.45 bits per heavy atom. The van der Waals surface area contributed by atoms with Crippen molar-refractivity contribution in [2.75, 3.05) is 11.5 Å². The lowest BCUT2D eigenvalue weighted by atomic mass is 10.0. The number of anilines is 2. The topological polar surface area (TPSA) is 94.9 Å². The number of carbonyl (C=O) groups is 1. The van der Waals surface area contributed by atoms with Gasteiger partial charge in [-0.05, 0) is 29.3 Å². The molecule has 0 saturated heterocycles. The van der Waals surface area contributed by atoms with Crippen molar-refractivity contribution in [2.45, 2.75) is 0 Å². The molecule has 3 aromatic rings. The maximum Gasteiger partial charge on any atom is 0.213 e. The van der Waals surface area contributed by atoms with Crippen LogP contribution in [0.1, 0.15) is 16.1 Å². The van der Waals surface area contributed by atoms with Crippen molar-refractivity contribution in [3.05, 3.63) is 72.3 Å². The van der Waals surface area contributed by atoms with Crippen molar-refractivity contribution in [3.63, 3.8) is 0 Å². The van der Waals surface area contributed by atoms with Crippen LogP contribution < -0.4 is 11.5 Å². The normalized spacial score (nSPS) is 10.4. The van der Waals surface area contributed by atoms with Crippen LogP contribution in [0.5, 0.6) is 0 Å². The van der Waals surface area contributed by atoms with Crippen LogP contribution in [0, 0.1) is 0 Å². The minimum Gasteiger partial charge on any atom is -0.397 e. The summed E-state index contributed by atoms with van der Waals surface area (Å²) in [5.74, 6) is -0.244. The van der Waals surface area contributed by atoms with Crippen molar-refractivity contribution >= 4 is 17.2 Å². The summed E-state index contributed by atoms with van der Waals surface area (Å²) in [6.07, 6.45) is 4.93. The smallest absolute Gasteiger partial charge is 0.213 e. The molecule has 0 amide bonds. The van der Waals surface area contributed by atoms with E-state index in [-0.39, 0.29) is 17.2 Å². The fraction of sp³-hybridized carbons (Fsp3) is 0. The lowest BCUT2D eigenvalue weighted by Crippen LogP contribution is -2.09. The van der Waals surface area contributed by atoms with Crippen molar-refractivity contribution in [3.8, 4) is 11.1 Å². The van der Waals surface area contributed by atoms with E-state index >= 15 is 0 Å². The highest BCUT2D eigenvalue weighted by Gasteiger charge is 2.15. The lowest BCUT2D eigenvalue weighted by molar-refractivity contribution is 0.103. The Hall–Kier alpha value is -3.21. The Labute approximate surface area is 127 Å². The van der Waals surface area contributed by atoms with Gasteiger partial charge < -0.3 is 11.5 Å². The van der Waals surface area contributed by atoms with Crippen LogP contribution in [0.4, 0.5) is 11.4 Å². The predicted octanol–water partition coefficient (Wildman–Crippen LogP) is 2.54. The predicted molar refractivity (Wildman–Crippen MR) is 86.2 cm³/mol. The molecule has 0 aliphatic rings. The van der Waals surface area contributed by atoms with Crippen LogP contribution in [0.15, 0.2) is 61.1 Å². The van der Waals surface area contributed by atoms with Crippen molar-refractivity contribution < 1.29 is 4.79 Å². The summed E-state index contributed by atoms with van der Waals surface area (Å²) in [6.45, 7) is 0. The number of carbonyl (C=O) groups excluding carboxylic acids is 1. The number of hydrogen-bond donors (Lipinski definition) is 2. The first-order valence-corrected chi connectivity index (χ1v) is 6.72. The van der Waals surface area contributed by atoms with E-state index in [0.29, 0.717) is 11.3 Å². The van der Waals surface area contributed by atoms with Gasteiger partial charge in [0.1, 0.15) is 5.69 Å². The summed E-state index contributed by atoms with van der Waals surface area (Å²) in [4.78, 5) is 20.5. The van der Waals surface area contributed by atoms with Crippen LogP contribution in [-0.4, -0.2) is 15.8 Å². The number of hydrogen-bond acceptors (Lipinski definition) is 5. The van der Waals surface area contributed by atoms with Gasteiger partial charge in [0, 0.05) is 24.2 Å². The molecule has 0 spiro atoms. The molecule has 2 heterocycles. The lowest BCUT2D eigenvalue weighted by Gasteiger charge is -2.07. The molecule has 108 valence electrons. The number of nitrogens with zero attached hydrogens (tertiary/aromatic N) is 2. The molecule has 4 N–H and O–H groups in total. The first-order valence-electron chi connectivity index (χ1n) is 6.72. The number of rotatable bonds is 3. The van der Waals surface area contributed by atoms with Gasteiger partial charge in [0.2, 0.25) is 5.78 Å². The minimum absolute atomic E-state index is 0.177.